The third-order valence-electron chi connectivity index (χ3n) is 1.89. The fourth-order valence-corrected chi connectivity index (χ4v) is 1.31. The molecule has 0 unspecified atom stereocenters. The summed E-state index contributed by atoms with van der Waals surface area (Å²) in [5.74, 6) is 0. The van der Waals surface area contributed by atoms with Crippen molar-refractivity contribution >= 4 is 5.69 Å². The van der Waals surface area contributed by atoms with Crippen LogP contribution in [0.2, 0.25) is 0 Å². The van der Waals surface area contributed by atoms with E-state index in [1.54, 1.807) is 0 Å². The molecule has 0 aliphatic rings. The molecule has 0 bridgehead atoms. The van der Waals surface area contributed by atoms with Crippen LogP contribution in [0.5, 0.6) is 0 Å². The number of benzene rings is 1. The lowest BCUT2D eigenvalue weighted by Gasteiger charge is -2.16. The fourth-order valence-electron chi connectivity index (χ4n) is 1.31. The van der Waals surface area contributed by atoms with Crippen LogP contribution < -0.4 is 10.6 Å². The summed E-state index contributed by atoms with van der Waals surface area (Å²) in [7, 11) is 4.10. The molecule has 0 spiro atoms. The van der Waals surface area contributed by atoms with Crippen molar-refractivity contribution in [2.45, 2.75) is 6.42 Å². The first kappa shape index (κ1) is 9.07. The molecule has 12 heavy (non-hydrogen) atoms. The van der Waals surface area contributed by atoms with Crippen LogP contribution in [0.4, 0.5) is 5.69 Å². The van der Waals surface area contributed by atoms with Crippen LogP contribution >= 0.6 is 0 Å². The Bertz CT molecular complexity index is 243. The molecule has 0 saturated heterocycles. The standard InChI is InChI=1S/C10H16N2/c1-12(2)10-6-4-3-5-9(10)7-8-11/h3-6H,7-8,11H2,1-2H3. The Morgan fingerprint density at radius 3 is 2.50 bits per heavy atom. The molecule has 1 rings (SSSR count). The van der Waals surface area contributed by atoms with E-state index in [1.165, 1.54) is 11.3 Å². The topological polar surface area (TPSA) is 29.3 Å². The highest BCUT2D eigenvalue weighted by Crippen LogP contribution is 2.17. The minimum absolute atomic E-state index is 0.713. The van der Waals surface area contributed by atoms with Crippen molar-refractivity contribution in [3.63, 3.8) is 0 Å². The summed E-state index contributed by atoms with van der Waals surface area (Å²) in [5, 5.41) is 0. The summed E-state index contributed by atoms with van der Waals surface area (Å²) in [6, 6.07) is 8.35. The number of rotatable bonds is 3. The second kappa shape index (κ2) is 4.12. The Morgan fingerprint density at radius 1 is 1.25 bits per heavy atom. The van der Waals surface area contributed by atoms with Crippen LogP contribution in [0, 0.1) is 0 Å². The summed E-state index contributed by atoms with van der Waals surface area (Å²) in [5.41, 5.74) is 8.10. The normalized spacial score (nSPS) is 9.92. The first-order chi connectivity index (χ1) is 5.75. The van der Waals surface area contributed by atoms with Gasteiger partial charge in [0.05, 0.1) is 0 Å². The van der Waals surface area contributed by atoms with Crippen molar-refractivity contribution in [1.82, 2.24) is 0 Å². The zero-order valence-corrected chi connectivity index (χ0v) is 7.75. The van der Waals surface area contributed by atoms with Gasteiger partial charge in [0.1, 0.15) is 0 Å². The number of nitrogens with zero attached hydrogens (tertiary/aromatic N) is 1. The van der Waals surface area contributed by atoms with E-state index >= 15 is 0 Å². The molecule has 2 heteroatoms. The SMILES string of the molecule is CN(C)c1ccccc1CCN. The predicted molar refractivity (Wildman–Crippen MR) is 53.5 cm³/mol. The predicted octanol–water partition coefficient (Wildman–Crippen LogP) is 1.25. The maximum absolute atomic E-state index is 5.51. The Hall–Kier alpha value is -1.02. The average molecular weight is 164 g/mol. The highest BCUT2D eigenvalue weighted by molar-refractivity contribution is 5.52. The maximum Gasteiger partial charge on any atom is 0.0394 e. The number of anilines is 1. The number of nitrogens with two attached hydrogens (primary N) is 1. The largest absolute Gasteiger partial charge is 0.377 e. The van der Waals surface area contributed by atoms with Crippen LogP contribution in [-0.4, -0.2) is 20.6 Å². The van der Waals surface area contributed by atoms with E-state index in [-0.39, 0.29) is 0 Å². The fraction of sp³-hybridized carbons (Fsp3) is 0.400. The lowest BCUT2D eigenvalue weighted by Crippen LogP contribution is -2.13. The average Bonchev–Trinajstić information content (AvgIpc) is 2.05. The van der Waals surface area contributed by atoms with Gasteiger partial charge in [-0.1, -0.05) is 18.2 Å². The minimum atomic E-state index is 0.713. The third-order valence-corrected chi connectivity index (χ3v) is 1.89. The van der Waals surface area contributed by atoms with Crippen LogP contribution in [-0.2, 0) is 6.42 Å². The van der Waals surface area contributed by atoms with Crippen molar-refractivity contribution < 1.29 is 0 Å². The molecule has 2 nitrogen and oxygen atoms in total. The molecule has 0 amide bonds. The van der Waals surface area contributed by atoms with Gasteiger partial charge in [0.15, 0.2) is 0 Å². The zero-order valence-electron chi connectivity index (χ0n) is 7.75. The molecule has 1 aromatic rings. The minimum Gasteiger partial charge on any atom is -0.377 e. The van der Waals surface area contributed by atoms with Crippen molar-refractivity contribution in [3.05, 3.63) is 29.8 Å². The zero-order chi connectivity index (χ0) is 8.97. The van der Waals surface area contributed by atoms with E-state index in [9.17, 15) is 0 Å². The van der Waals surface area contributed by atoms with Crippen molar-refractivity contribution in [2.24, 2.45) is 5.73 Å². The maximum atomic E-state index is 5.51. The molecule has 0 aliphatic carbocycles. The van der Waals surface area contributed by atoms with E-state index in [0.29, 0.717) is 6.54 Å². The van der Waals surface area contributed by atoms with Gasteiger partial charge in [-0.15, -0.1) is 0 Å². The quantitative estimate of drug-likeness (QED) is 0.728. The van der Waals surface area contributed by atoms with Gasteiger partial charge in [-0.05, 0) is 24.6 Å². The summed E-state index contributed by atoms with van der Waals surface area (Å²) < 4.78 is 0. The Labute approximate surface area is 74.0 Å². The molecule has 0 aromatic heterocycles. The van der Waals surface area contributed by atoms with Crippen molar-refractivity contribution in [3.8, 4) is 0 Å². The molecule has 66 valence electrons. The van der Waals surface area contributed by atoms with E-state index in [0.717, 1.165) is 6.42 Å². The highest BCUT2D eigenvalue weighted by atomic mass is 15.1. The summed E-state index contributed by atoms with van der Waals surface area (Å²) in [4.78, 5) is 2.12. The Morgan fingerprint density at radius 2 is 1.92 bits per heavy atom. The van der Waals surface area contributed by atoms with E-state index in [2.05, 4.69) is 43.3 Å². The van der Waals surface area contributed by atoms with Crippen LogP contribution in [0.25, 0.3) is 0 Å². The second-order valence-corrected chi connectivity index (χ2v) is 3.06. The molecule has 0 fully saturated rings. The van der Waals surface area contributed by atoms with Crippen LogP contribution in [0.3, 0.4) is 0 Å². The summed E-state index contributed by atoms with van der Waals surface area (Å²) in [6.45, 7) is 0.713. The van der Waals surface area contributed by atoms with Crippen molar-refractivity contribution in [2.75, 3.05) is 25.5 Å². The highest BCUT2D eigenvalue weighted by Gasteiger charge is 2.00. The first-order valence-electron chi connectivity index (χ1n) is 4.21. The number of para-hydroxylation sites is 1. The number of hydrogen-bond acceptors (Lipinski definition) is 2. The second-order valence-electron chi connectivity index (χ2n) is 3.06. The summed E-state index contributed by atoms with van der Waals surface area (Å²) >= 11 is 0. The van der Waals surface area contributed by atoms with Gasteiger partial charge < -0.3 is 10.6 Å². The van der Waals surface area contributed by atoms with Crippen molar-refractivity contribution in [1.29, 1.82) is 0 Å². The Balaban J connectivity index is 2.92. The van der Waals surface area contributed by atoms with Gasteiger partial charge >= 0.3 is 0 Å². The van der Waals surface area contributed by atoms with E-state index in [4.69, 9.17) is 5.73 Å². The monoisotopic (exact) mass is 164 g/mol. The van der Waals surface area contributed by atoms with E-state index in [1.807, 2.05) is 0 Å². The molecule has 0 radical (unpaired) electrons. The smallest absolute Gasteiger partial charge is 0.0394 e. The molecule has 0 atom stereocenters. The molecular formula is C10H16N2. The first-order valence-corrected chi connectivity index (χ1v) is 4.21. The molecule has 0 saturated carbocycles. The lowest BCUT2D eigenvalue weighted by molar-refractivity contribution is 0.955. The van der Waals surface area contributed by atoms with Gasteiger partial charge in [-0.2, -0.15) is 0 Å². The third kappa shape index (κ3) is 1.98. The van der Waals surface area contributed by atoms with Crippen LogP contribution in [0.1, 0.15) is 5.56 Å². The van der Waals surface area contributed by atoms with E-state index < -0.39 is 0 Å². The lowest BCUT2D eigenvalue weighted by atomic mass is 10.1. The van der Waals surface area contributed by atoms with Gasteiger partial charge in [0.2, 0.25) is 0 Å². The molecule has 2 N–H and O–H groups in total. The van der Waals surface area contributed by atoms with Gasteiger partial charge in [0, 0.05) is 19.8 Å². The van der Waals surface area contributed by atoms with Gasteiger partial charge in [0.25, 0.3) is 0 Å². The van der Waals surface area contributed by atoms with Gasteiger partial charge in [-0.3, -0.25) is 0 Å². The number of hydrogen-bond donors (Lipinski definition) is 1. The Kier molecular flexibility index (Phi) is 3.11. The summed E-state index contributed by atoms with van der Waals surface area (Å²) in [6.07, 6.45) is 0.953. The van der Waals surface area contributed by atoms with Crippen LogP contribution in [0.15, 0.2) is 24.3 Å². The molecule has 0 heterocycles. The molecular weight excluding hydrogens is 148 g/mol. The van der Waals surface area contributed by atoms with Gasteiger partial charge in [-0.25, -0.2) is 0 Å². The molecule has 0 aliphatic heterocycles. The molecule has 1 aromatic carbocycles.